The molecule has 0 unspecified atom stereocenters. The lowest BCUT2D eigenvalue weighted by Gasteiger charge is -2.09. The molecular weight excluding hydrogens is 242 g/mol. The zero-order valence-electron chi connectivity index (χ0n) is 11.1. The zero-order valence-corrected chi connectivity index (χ0v) is 11.1. The summed E-state index contributed by atoms with van der Waals surface area (Å²) in [7, 11) is 0. The molecule has 0 saturated carbocycles. The van der Waals surface area contributed by atoms with Gasteiger partial charge in [-0.05, 0) is 26.3 Å². The second-order valence-electron chi connectivity index (χ2n) is 4.53. The maximum Gasteiger partial charge on any atom is 0.354 e. The van der Waals surface area contributed by atoms with Crippen molar-refractivity contribution in [3.05, 3.63) is 40.6 Å². The van der Waals surface area contributed by atoms with Crippen LogP contribution < -0.4 is 5.73 Å². The number of hydrogen-bond donors (Lipinski definition) is 2. The van der Waals surface area contributed by atoms with Gasteiger partial charge in [-0.15, -0.1) is 0 Å². The van der Waals surface area contributed by atoms with Crippen LogP contribution >= 0.6 is 0 Å². The van der Waals surface area contributed by atoms with Crippen LogP contribution in [0.5, 0.6) is 0 Å². The van der Waals surface area contributed by atoms with Crippen molar-refractivity contribution in [3.8, 4) is 11.4 Å². The number of anilines is 1. The zero-order chi connectivity index (χ0) is 14.2. The molecule has 0 radical (unpaired) electrons. The van der Waals surface area contributed by atoms with Crippen LogP contribution in [-0.2, 0) is 0 Å². The minimum Gasteiger partial charge on any atom is -0.476 e. The fraction of sp³-hybridized carbons (Fsp3) is 0.214. The first-order valence-corrected chi connectivity index (χ1v) is 5.85. The maximum absolute atomic E-state index is 11.2. The van der Waals surface area contributed by atoms with Crippen LogP contribution in [0, 0.1) is 20.8 Å². The molecule has 3 N–H and O–H groups in total. The van der Waals surface area contributed by atoms with Crippen LogP contribution in [0.25, 0.3) is 11.4 Å². The van der Waals surface area contributed by atoms with E-state index in [1.54, 1.807) is 6.92 Å². The van der Waals surface area contributed by atoms with Crippen LogP contribution in [0.3, 0.4) is 0 Å². The lowest BCUT2D eigenvalue weighted by molar-refractivity contribution is 0.0689. The molecule has 5 nitrogen and oxygen atoms in total. The molecule has 1 aromatic heterocycles. The number of nitrogens with two attached hydrogens (primary N) is 1. The minimum absolute atomic E-state index is 0.0533. The SMILES string of the molecule is Cc1ccc(-c2nc(N)c(C)c(C(=O)O)n2)c(C)c1. The molecule has 1 aromatic carbocycles. The van der Waals surface area contributed by atoms with E-state index in [0.29, 0.717) is 11.4 Å². The molecule has 0 amide bonds. The summed E-state index contributed by atoms with van der Waals surface area (Å²) >= 11 is 0. The highest BCUT2D eigenvalue weighted by Gasteiger charge is 2.16. The molecule has 0 aliphatic heterocycles. The summed E-state index contributed by atoms with van der Waals surface area (Å²) in [6, 6.07) is 5.80. The fourth-order valence-electron chi connectivity index (χ4n) is 1.93. The van der Waals surface area contributed by atoms with Crippen LogP contribution in [0.1, 0.15) is 27.2 Å². The molecule has 98 valence electrons. The predicted octanol–water partition coefficient (Wildman–Crippen LogP) is 2.35. The van der Waals surface area contributed by atoms with Crippen molar-refractivity contribution in [1.29, 1.82) is 0 Å². The van der Waals surface area contributed by atoms with Crippen molar-refractivity contribution < 1.29 is 9.90 Å². The highest BCUT2D eigenvalue weighted by molar-refractivity contribution is 5.89. The Balaban J connectivity index is 2.66. The van der Waals surface area contributed by atoms with E-state index < -0.39 is 5.97 Å². The number of nitrogen functional groups attached to an aromatic ring is 1. The Morgan fingerprint density at radius 1 is 1.21 bits per heavy atom. The lowest BCUT2D eigenvalue weighted by atomic mass is 10.0. The van der Waals surface area contributed by atoms with Crippen LogP contribution in [0.4, 0.5) is 5.82 Å². The van der Waals surface area contributed by atoms with Crippen molar-refractivity contribution in [2.75, 3.05) is 5.73 Å². The molecule has 1 heterocycles. The third-order valence-corrected chi connectivity index (χ3v) is 3.01. The molecule has 0 fully saturated rings. The van der Waals surface area contributed by atoms with E-state index in [4.69, 9.17) is 10.8 Å². The quantitative estimate of drug-likeness (QED) is 0.862. The summed E-state index contributed by atoms with van der Waals surface area (Å²) in [4.78, 5) is 19.4. The Bertz CT molecular complexity index is 666. The Kier molecular flexibility index (Phi) is 3.21. The molecule has 0 saturated heterocycles. The first-order valence-electron chi connectivity index (χ1n) is 5.85. The van der Waals surface area contributed by atoms with Gasteiger partial charge in [-0.3, -0.25) is 0 Å². The highest BCUT2D eigenvalue weighted by Crippen LogP contribution is 2.24. The van der Waals surface area contributed by atoms with E-state index in [9.17, 15) is 4.79 Å². The molecule has 0 aliphatic carbocycles. The van der Waals surface area contributed by atoms with Gasteiger partial charge in [-0.25, -0.2) is 14.8 Å². The summed E-state index contributed by atoms with van der Waals surface area (Å²) in [5.41, 5.74) is 9.00. The standard InChI is InChI=1S/C14H15N3O2/c1-7-4-5-10(8(2)6-7)13-16-11(14(18)19)9(3)12(15)17-13/h4-6H,1-3H3,(H,18,19)(H2,15,16,17). The largest absolute Gasteiger partial charge is 0.476 e. The average Bonchev–Trinajstić information content (AvgIpc) is 2.32. The van der Waals surface area contributed by atoms with Crippen molar-refractivity contribution >= 4 is 11.8 Å². The van der Waals surface area contributed by atoms with Gasteiger partial charge in [0.15, 0.2) is 11.5 Å². The van der Waals surface area contributed by atoms with E-state index in [-0.39, 0.29) is 11.5 Å². The normalized spacial score (nSPS) is 10.5. The van der Waals surface area contributed by atoms with Crippen LogP contribution in [-0.4, -0.2) is 21.0 Å². The number of carboxylic acids is 1. The molecule has 5 heteroatoms. The van der Waals surface area contributed by atoms with Crippen molar-refractivity contribution in [2.24, 2.45) is 0 Å². The molecule has 19 heavy (non-hydrogen) atoms. The number of carboxylic acid groups (broad SMARTS) is 1. The molecule has 2 rings (SSSR count). The Labute approximate surface area is 111 Å². The van der Waals surface area contributed by atoms with Gasteiger partial charge in [-0.1, -0.05) is 23.8 Å². The van der Waals surface area contributed by atoms with Gasteiger partial charge in [-0.2, -0.15) is 0 Å². The lowest BCUT2D eigenvalue weighted by Crippen LogP contribution is -2.10. The van der Waals surface area contributed by atoms with Crippen molar-refractivity contribution in [1.82, 2.24) is 9.97 Å². The summed E-state index contributed by atoms with van der Waals surface area (Å²) in [5.74, 6) is -0.557. The van der Waals surface area contributed by atoms with Gasteiger partial charge in [0.05, 0.1) is 0 Å². The molecule has 2 aromatic rings. The third kappa shape index (κ3) is 2.40. The van der Waals surface area contributed by atoms with Gasteiger partial charge in [0.25, 0.3) is 0 Å². The van der Waals surface area contributed by atoms with E-state index in [2.05, 4.69) is 9.97 Å². The Morgan fingerprint density at radius 2 is 1.89 bits per heavy atom. The highest BCUT2D eigenvalue weighted by atomic mass is 16.4. The second kappa shape index (κ2) is 4.68. The first-order chi connectivity index (χ1) is 8.90. The van der Waals surface area contributed by atoms with Crippen LogP contribution in [0.15, 0.2) is 18.2 Å². The topological polar surface area (TPSA) is 89.1 Å². The maximum atomic E-state index is 11.2. The van der Waals surface area contributed by atoms with Gasteiger partial charge >= 0.3 is 5.97 Å². The number of aromatic carboxylic acids is 1. The second-order valence-corrected chi connectivity index (χ2v) is 4.53. The molecule has 0 atom stereocenters. The average molecular weight is 257 g/mol. The number of aryl methyl sites for hydroxylation is 2. The summed E-state index contributed by atoms with van der Waals surface area (Å²) in [6.45, 7) is 5.52. The third-order valence-electron chi connectivity index (χ3n) is 3.01. The van der Waals surface area contributed by atoms with Crippen molar-refractivity contribution in [3.63, 3.8) is 0 Å². The van der Waals surface area contributed by atoms with Crippen LogP contribution in [0.2, 0.25) is 0 Å². The van der Waals surface area contributed by atoms with Gasteiger partial charge in [0.2, 0.25) is 0 Å². The summed E-state index contributed by atoms with van der Waals surface area (Å²) in [5, 5.41) is 9.13. The number of carbonyl (C=O) groups is 1. The minimum atomic E-state index is -1.10. The Hall–Kier alpha value is -2.43. The summed E-state index contributed by atoms with van der Waals surface area (Å²) < 4.78 is 0. The van der Waals surface area contributed by atoms with Gasteiger partial charge in [0, 0.05) is 11.1 Å². The smallest absolute Gasteiger partial charge is 0.354 e. The number of nitrogens with zero attached hydrogens (tertiary/aromatic N) is 2. The Morgan fingerprint density at radius 3 is 2.47 bits per heavy atom. The van der Waals surface area contributed by atoms with E-state index in [1.807, 2.05) is 32.0 Å². The summed E-state index contributed by atoms with van der Waals surface area (Å²) in [6.07, 6.45) is 0. The molecule has 0 spiro atoms. The monoisotopic (exact) mass is 257 g/mol. The first kappa shape index (κ1) is 13.0. The fourth-order valence-corrected chi connectivity index (χ4v) is 1.93. The van der Waals surface area contributed by atoms with E-state index in [0.717, 1.165) is 16.7 Å². The van der Waals surface area contributed by atoms with E-state index in [1.165, 1.54) is 0 Å². The molecular formula is C14H15N3O2. The van der Waals surface area contributed by atoms with Gasteiger partial charge < -0.3 is 10.8 Å². The molecule has 0 aliphatic rings. The van der Waals surface area contributed by atoms with Gasteiger partial charge in [0.1, 0.15) is 5.82 Å². The number of rotatable bonds is 2. The number of hydrogen-bond acceptors (Lipinski definition) is 4. The predicted molar refractivity (Wildman–Crippen MR) is 73.1 cm³/mol. The number of aromatic nitrogens is 2. The molecule has 0 bridgehead atoms. The van der Waals surface area contributed by atoms with Crippen molar-refractivity contribution in [2.45, 2.75) is 20.8 Å². The van der Waals surface area contributed by atoms with E-state index >= 15 is 0 Å². The number of benzene rings is 1.